The Morgan fingerprint density at radius 1 is 1.50 bits per heavy atom. The number of carboxylic acid groups (broad SMARTS) is 1. The molecule has 16 heavy (non-hydrogen) atoms. The molecule has 3 nitrogen and oxygen atoms in total. The monoisotopic (exact) mass is 221 g/mol. The van der Waals surface area contributed by atoms with Gasteiger partial charge in [0.25, 0.3) is 0 Å². The summed E-state index contributed by atoms with van der Waals surface area (Å²) >= 11 is 0. The third-order valence-electron chi connectivity index (χ3n) is 3.45. The highest BCUT2D eigenvalue weighted by molar-refractivity contribution is 5.89. The summed E-state index contributed by atoms with van der Waals surface area (Å²) in [5, 5.41) is 9.13. The molecule has 1 saturated carbocycles. The van der Waals surface area contributed by atoms with Crippen molar-refractivity contribution in [1.82, 2.24) is 4.98 Å². The summed E-state index contributed by atoms with van der Waals surface area (Å²) in [6, 6.07) is 1.85. The van der Waals surface area contributed by atoms with Crippen LogP contribution in [0.15, 0.2) is 6.07 Å². The van der Waals surface area contributed by atoms with Gasteiger partial charge in [-0.15, -0.1) is 0 Å². The summed E-state index contributed by atoms with van der Waals surface area (Å²) in [4.78, 5) is 14.4. The number of H-pyrrole nitrogens is 1. The molecule has 1 heterocycles. The van der Waals surface area contributed by atoms with E-state index < -0.39 is 5.97 Å². The van der Waals surface area contributed by atoms with Crippen molar-refractivity contribution in [3.05, 3.63) is 23.0 Å². The number of rotatable bonds is 4. The highest BCUT2D eigenvalue weighted by Gasteiger charge is 2.22. The third-order valence-corrected chi connectivity index (χ3v) is 3.45. The Morgan fingerprint density at radius 3 is 2.75 bits per heavy atom. The van der Waals surface area contributed by atoms with Crippen LogP contribution < -0.4 is 0 Å². The number of aromatic carboxylic acids is 1. The molecule has 1 aromatic heterocycles. The topological polar surface area (TPSA) is 53.1 Å². The number of hydrogen-bond donors (Lipinski definition) is 2. The normalized spacial score (nSPS) is 16.8. The van der Waals surface area contributed by atoms with E-state index in [9.17, 15) is 4.79 Å². The summed E-state index contributed by atoms with van der Waals surface area (Å²) in [7, 11) is 0. The van der Waals surface area contributed by atoms with Gasteiger partial charge in [-0.05, 0) is 31.2 Å². The number of aromatic amines is 1. The van der Waals surface area contributed by atoms with E-state index in [0.29, 0.717) is 11.5 Å². The third kappa shape index (κ3) is 2.13. The fourth-order valence-corrected chi connectivity index (χ4v) is 2.61. The zero-order valence-electron chi connectivity index (χ0n) is 9.75. The van der Waals surface area contributed by atoms with Crippen LogP contribution >= 0.6 is 0 Å². The van der Waals surface area contributed by atoms with Crippen molar-refractivity contribution in [2.75, 3.05) is 0 Å². The minimum absolute atomic E-state index is 0.476. The van der Waals surface area contributed by atoms with Gasteiger partial charge in [-0.3, -0.25) is 0 Å². The van der Waals surface area contributed by atoms with Crippen molar-refractivity contribution in [3.63, 3.8) is 0 Å². The van der Waals surface area contributed by atoms with Gasteiger partial charge in [-0.25, -0.2) is 4.79 Å². The van der Waals surface area contributed by atoms with Gasteiger partial charge in [0.15, 0.2) is 0 Å². The van der Waals surface area contributed by atoms with Gasteiger partial charge in [0, 0.05) is 11.4 Å². The molecule has 0 aromatic carbocycles. The molecule has 0 aliphatic heterocycles. The first-order chi connectivity index (χ1) is 7.72. The van der Waals surface area contributed by atoms with Crippen LogP contribution in [-0.4, -0.2) is 16.1 Å². The second-order valence-electron chi connectivity index (χ2n) is 4.65. The van der Waals surface area contributed by atoms with Gasteiger partial charge < -0.3 is 10.1 Å². The molecular formula is C13H19NO2. The summed E-state index contributed by atoms with van der Waals surface area (Å²) in [5.41, 5.74) is 2.51. The maximum Gasteiger partial charge on any atom is 0.337 e. The Labute approximate surface area is 95.9 Å². The highest BCUT2D eigenvalue weighted by atomic mass is 16.4. The molecule has 1 aliphatic rings. The van der Waals surface area contributed by atoms with Gasteiger partial charge >= 0.3 is 5.97 Å². The van der Waals surface area contributed by atoms with Crippen LogP contribution in [-0.2, 0) is 6.42 Å². The van der Waals surface area contributed by atoms with Crippen LogP contribution in [0.3, 0.4) is 0 Å². The highest BCUT2D eigenvalue weighted by Crippen LogP contribution is 2.34. The molecule has 0 unspecified atom stereocenters. The molecule has 2 rings (SSSR count). The molecule has 88 valence electrons. The average Bonchev–Trinajstić information content (AvgIpc) is 2.83. The van der Waals surface area contributed by atoms with Crippen LogP contribution in [0.4, 0.5) is 0 Å². The van der Waals surface area contributed by atoms with E-state index in [0.717, 1.165) is 24.2 Å². The zero-order chi connectivity index (χ0) is 11.5. The van der Waals surface area contributed by atoms with Gasteiger partial charge in [-0.1, -0.05) is 26.2 Å². The van der Waals surface area contributed by atoms with Crippen LogP contribution in [0.25, 0.3) is 0 Å². The molecule has 0 amide bonds. The van der Waals surface area contributed by atoms with Gasteiger partial charge in [-0.2, -0.15) is 0 Å². The van der Waals surface area contributed by atoms with Gasteiger partial charge in [0.1, 0.15) is 0 Å². The van der Waals surface area contributed by atoms with E-state index in [1.165, 1.54) is 25.7 Å². The predicted octanol–water partition coefficient (Wildman–Crippen LogP) is 3.32. The Hall–Kier alpha value is -1.25. The summed E-state index contributed by atoms with van der Waals surface area (Å²) in [6.45, 7) is 2.07. The summed E-state index contributed by atoms with van der Waals surface area (Å²) in [6.07, 6.45) is 6.75. The average molecular weight is 221 g/mol. The molecular weight excluding hydrogens is 202 g/mol. The quantitative estimate of drug-likeness (QED) is 0.819. The van der Waals surface area contributed by atoms with Crippen molar-refractivity contribution < 1.29 is 9.90 Å². The number of aryl methyl sites for hydroxylation is 1. The predicted molar refractivity (Wildman–Crippen MR) is 63.0 cm³/mol. The smallest absolute Gasteiger partial charge is 0.337 e. The number of carboxylic acids is 1. The first kappa shape index (κ1) is 11.2. The fraction of sp³-hybridized carbons (Fsp3) is 0.615. The molecule has 0 bridgehead atoms. The van der Waals surface area contributed by atoms with Crippen molar-refractivity contribution in [2.45, 2.75) is 51.4 Å². The molecule has 1 fully saturated rings. The fourth-order valence-electron chi connectivity index (χ4n) is 2.61. The first-order valence-corrected chi connectivity index (χ1v) is 6.17. The summed E-state index contributed by atoms with van der Waals surface area (Å²) in [5.74, 6) is -0.243. The van der Waals surface area contributed by atoms with Crippen molar-refractivity contribution in [1.29, 1.82) is 0 Å². The Bertz CT molecular complexity index is 375. The lowest BCUT2D eigenvalue weighted by Gasteiger charge is -2.05. The lowest BCUT2D eigenvalue weighted by Crippen LogP contribution is -1.99. The molecule has 0 atom stereocenters. The second kappa shape index (κ2) is 4.73. The van der Waals surface area contributed by atoms with Crippen LogP contribution in [0.1, 0.15) is 66.7 Å². The van der Waals surface area contributed by atoms with Gasteiger partial charge in [0.05, 0.1) is 5.56 Å². The summed E-state index contributed by atoms with van der Waals surface area (Å²) < 4.78 is 0. The van der Waals surface area contributed by atoms with Gasteiger partial charge in [0.2, 0.25) is 0 Å². The van der Waals surface area contributed by atoms with Crippen LogP contribution in [0.2, 0.25) is 0 Å². The van der Waals surface area contributed by atoms with E-state index in [1.807, 2.05) is 6.07 Å². The molecule has 3 heteroatoms. The molecule has 0 spiro atoms. The minimum atomic E-state index is -0.802. The molecule has 1 aliphatic carbocycles. The Balaban J connectivity index is 2.26. The maximum absolute atomic E-state index is 11.1. The van der Waals surface area contributed by atoms with E-state index >= 15 is 0 Å². The molecule has 1 aromatic rings. The van der Waals surface area contributed by atoms with Crippen molar-refractivity contribution >= 4 is 5.97 Å². The lowest BCUT2D eigenvalue weighted by molar-refractivity contribution is 0.0696. The lowest BCUT2D eigenvalue weighted by atomic mass is 10.0. The first-order valence-electron chi connectivity index (χ1n) is 6.17. The Morgan fingerprint density at radius 2 is 2.19 bits per heavy atom. The maximum atomic E-state index is 11.1. The van der Waals surface area contributed by atoms with E-state index in [2.05, 4.69) is 11.9 Å². The second-order valence-corrected chi connectivity index (χ2v) is 4.65. The Kier molecular flexibility index (Phi) is 3.32. The number of aromatic nitrogens is 1. The molecule has 2 N–H and O–H groups in total. The number of hydrogen-bond acceptors (Lipinski definition) is 1. The van der Waals surface area contributed by atoms with Crippen molar-refractivity contribution in [2.24, 2.45) is 0 Å². The van der Waals surface area contributed by atoms with E-state index in [4.69, 9.17) is 5.11 Å². The minimum Gasteiger partial charge on any atom is -0.478 e. The largest absolute Gasteiger partial charge is 0.478 e. The number of nitrogens with one attached hydrogen (secondary N) is 1. The van der Waals surface area contributed by atoms with Crippen LogP contribution in [0, 0.1) is 0 Å². The standard InChI is InChI=1S/C13H19NO2/c1-2-5-11-10(13(15)16)8-12(14-11)9-6-3-4-7-9/h8-9,14H,2-7H2,1H3,(H,15,16). The van der Waals surface area contributed by atoms with Crippen LogP contribution in [0.5, 0.6) is 0 Å². The SMILES string of the molecule is CCCc1[nH]c(C2CCCC2)cc1C(=O)O. The molecule has 0 radical (unpaired) electrons. The molecule has 0 saturated heterocycles. The van der Waals surface area contributed by atoms with E-state index in [-0.39, 0.29) is 0 Å². The van der Waals surface area contributed by atoms with E-state index in [1.54, 1.807) is 0 Å². The van der Waals surface area contributed by atoms with Crippen molar-refractivity contribution in [3.8, 4) is 0 Å². The number of carbonyl (C=O) groups is 1. The zero-order valence-corrected chi connectivity index (χ0v) is 9.75.